The molecule has 2 aromatic heterocycles. The Morgan fingerprint density at radius 2 is 0.967 bits per heavy atom. The molecule has 0 fully saturated rings. The SMILES string of the molecule is CC1(C)c2cc3ccccc3cc2-c2c(-c3cc(-c4ccc5cc(-c6cccc(-c7ccc8c(c7)sc7ccccc78)c6)ccc5c4)nc(-c4ccccc4)n3)cccc21. The summed E-state index contributed by atoms with van der Waals surface area (Å²) in [7, 11) is 0. The third kappa shape index (κ3) is 5.61. The molecule has 0 unspecified atom stereocenters. The molecule has 0 bridgehead atoms. The second-order valence-corrected chi connectivity index (χ2v) is 17.7. The van der Waals surface area contributed by atoms with Crippen molar-refractivity contribution in [1.82, 2.24) is 9.97 Å². The first-order chi connectivity index (χ1) is 29.4. The van der Waals surface area contributed by atoms with Crippen LogP contribution in [0, 0.1) is 0 Å². The maximum Gasteiger partial charge on any atom is 0.160 e. The van der Waals surface area contributed by atoms with E-state index in [2.05, 4.69) is 202 Å². The molecule has 1 aliphatic carbocycles. The summed E-state index contributed by atoms with van der Waals surface area (Å²) < 4.78 is 2.65. The van der Waals surface area contributed by atoms with Gasteiger partial charge in [-0.15, -0.1) is 11.3 Å². The van der Waals surface area contributed by atoms with Crippen LogP contribution in [0.25, 0.3) is 109 Å². The first-order valence-electron chi connectivity index (χ1n) is 20.6. The summed E-state index contributed by atoms with van der Waals surface area (Å²) in [6, 6.07) is 70.7. The molecule has 0 N–H and O–H groups in total. The Kier molecular flexibility index (Phi) is 7.79. The molecule has 1 aliphatic rings. The Morgan fingerprint density at radius 1 is 0.367 bits per heavy atom. The Balaban J connectivity index is 0.939. The minimum absolute atomic E-state index is 0.144. The van der Waals surface area contributed by atoms with Crippen molar-refractivity contribution in [2.45, 2.75) is 19.3 Å². The lowest BCUT2D eigenvalue weighted by Gasteiger charge is -2.22. The Morgan fingerprint density at radius 3 is 1.80 bits per heavy atom. The van der Waals surface area contributed by atoms with Crippen molar-refractivity contribution in [3.8, 4) is 67.3 Å². The van der Waals surface area contributed by atoms with Gasteiger partial charge < -0.3 is 0 Å². The van der Waals surface area contributed by atoms with Crippen molar-refractivity contribution in [2.24, 2.45) is 0 Å². The number of fused-ring (bicyclic) bond motifs is 8. The second kappa shape index (κ2) is 13.4. The summed E-state index contributed by atoms with van der Waals surface area (Å²) in [5.74, 6) is 0.721. The van der Waals surface area contributed by atoms with Crippen molar-refractivity contribution < 1.29 is 0 Å². The van der Waals surface area contributed by atoms with E-state index in [0.717, 1.165) is 33.9 Å². The highest BCUT2D eigenvalue weighted by molar-refractivity contribution is 7.25. The molecule has 3 heteroatoms. The number of benzene rings is 9. The molecule has 9 aromatic carbocycles. The van der Waals surface area contributed by atoms with Crippen molar-refractivity contribution >= 4 is 53.1 Å². The number of thiophene rings is 1. The van der Waals surface area contributed by atoms with Gasteiger partial charge in [0.25, 0.3) is 0 Å². The van der Waals surface area contributed by atoms with Crippen molar-refractivity contribution in [2.75, 3.05) is 0 Å². The van der Waals surface area contributed by atoms with Gasteiger partial charge in [0.1, 0.15) is 0 Å². The maximum atomic E-state index is 5.31. The third-order valence-electron chi connectivity index (χ3n) is 12.6. The van der Waals surface area contributed by atoms with Crippen LogP contribution in [0.3, 0.4) is 0 Å². The molecular formula is C57H38N2S. The van der Waals surface area contributed by atoms with E-state index in [1.807, 2.05) is 17.4 Å². The lowest BCUT2D eigenvalue weighted by atomic mass is 9.81. The molecule has 60 heavy (non-hydrogen) atoms. The van der Waals surface area contributed by atoms with E-state index < -0.39 is 0 Å². The highest BCUT2D eigenvalue weighted by Gasteiger charge is 2.37. The van der Waals surface area contributed by atoms with Crippen LogP contribution >= 0.6 is 11.3 Å². The normalized spacial score (nSPS) is 13.0. The Hall–Kier alpha value is -7.20. The van der Waals surface area contributed by atoms with Crippen molar-refractivity contribution in [1.29, 1.82) is 0 Å². The molecule has 11 aromatic rings. The predicted molar refractivity (Wildman–Crippen MR) is 255 cm³/mol. The molecule has 0 spiro atoms. The van der Waals surface area contributed by atoms with E-state index in [-0.39, 0.29) is 5.41 Å². The third-order valence-corrected chi connectivity index (χ3v) is 13.8. The minimum Gasteiger partial charge on any atom is -0.228 e. The van der Waals surface area contributed by atoms with Gasteiger partial charge in [-0.2, -0.15) is 0 Å². The molecule has 0 aliphatic heterocycles. The van der Waals surface area contributed by atoms with E-state index in [1.54, 1.807) is 0 Å². The largest absolute Gasteiger partial charge is 0.228 e. The van der Waals surface area contributed by atoms with Gasteiger partial charge in [0, 0.05) is 42.3 Å². The van der Waals surface area contributed by atoms with Gasteiger partial charge in [0.2, 0.25) is 0 Å². The zero-order chi connectivity index (χ0) is 40.0. The second-order valence-electron chi connectivity index (χ2n) is 16.6. The molecule has 282 valence electrons. The quantitative estimate of drug-likeness (QED) is 0.174. The van der Waals surface area contributed by atoms with E-state index in [9.17, 15) is 0 Å². The summed E-state index contributed by atoms with van der Waals surface area (Å²) in [5, 5.41) is 7.54. The lowest BCUT2D eigenvalue weighted by molar-refractivity contribution is 0.661. The van der Waals surface area contributed by atoms with Gasteiger partial charge in [-0.05, 0) is 115 Å². The monoisotopic (exact) mass is 782 g/mol. The first-order valence-corrected chi connectivity index (χ1v) is 21.4. The zero-order valence-electron chi connectivity index (χ0n) is 33.3. The molecule has 2 nitrogen and oxygen atoms in total. The Labute approximate surface area is 353 Å². The summed E-state index contributed by atoms with van der Waals surface area (Å²) in [4.78, 5) is 10.5. The minimum atomic E-state index is -0.144. The zero-order valence-corrected chi connectivity index (χ0v) is 34.1. The van der Waals surface area contributed by atoms with Crippen LogP contribution in [-0.2, 0) is 5.41 Å². The van der Waals surface area contributed by atoms with E-state index in [1.165, 1.54) is 86.2 Å². The number of nitrogens with zero attached hydrogens (tertiary/aromatic N) is 2. The lowest BCUT2D eigenvalue weighted by Crippen LogP contribution is -2.14. The molecule has 0 radical (unpaired) electrons. The number of hydrogen-bond donors (Lipinski definition) is 0. The highest BCUT2D eigenvalue weighted by atomic mass is 32.1. The van der Waals surface area contributed by atoms with Crippen LogP contribution in [0.2, 0.25) is 0 Å². The molecule has 2 heterocycles. The van der Waals surface area contributed by atoms with Crippen molar-refractivity contribution in [3.05, 3.63) is 205 Å². The Bertz CT molecular complexity index is 3520. The van der Waals surface area contributed by atoms with Gasteiger partial charge in [-0.25, -0.2) is 9.97 Å². The average molecular weight is 783 g/mol. The highest BCUT2D eigenvalue weighted by Crippen LogP contribution is 2.53. The number of aromatic nitrogens is 2. The number of rotatable bonds is 5. The molecule has 0 saturated heterocycles. The molecule has 0 amide bonds. The molecule has 0 saturated carbocycles. The average Bonchev–Trinajstić information content (AvgIpc) is 3.79. The van der Waals surface area contributed by atoms with Gasteiger partial charge in [-0.1, -0.05) is 159 Å². The van der Waals surface area contributed by atoms with Crippen LogP contribution in [-0.4, -0.2) is 9.97 Å². The first kappa shape index (κ1) is 34.8. The van der Waals surface area contributed by atoms with E-state index in [0.29, 0.717) is 0 Å². The summed E-state index contributed by atoms with van der Waals surface area (Å²) in [6.45, 7) is 4.70. The standard InChI is InChI=1S/C57H38N2S/c1-57(2)49-20-11-19-47(55(49)48-31-38-14-6-7-15-39(38)32-50(48)57)52-34-51(58-56(59-52)35-12-4-3-5-13-35)44-25-24-41-29-40(22-23-42(41)30-44)36-16-10-17-37(28-36)43-26-27-46-45-18-8-9-21-53(45)60-54(46)33-43/h3-34H,1-2H3. The summed E-state index contributed by atoms with van der Waals surface area (Å²) in [6.07, 6.45) is 0. The fraction of sp³-hybridized carbons (Fsp3) is 0.0526. The fourth-order valence-corrected chi connectivity index (χ4v) is 10.6. The summed E-state index contributed by atoms with van der Waals surface area (Å²) in [5.41, 5.74) is 15.0. The molecule has 0 atom stereocenters. The van der Waals surface area contributed by atoms with Gasteiger partial charge in [0.15, 0.2) is 5.82 Å². The van der Waals surface area contributed by atoms with Crippen LogP contribution < -0.4 is 0 Å². The maximum absolute atomic E-state index is 5.31. The fourth-order valence-electron chi connectivity index (χ4n) is 9.50. The van der Waals surface area contributed by atoms with Gasteiger partial charge in [0.05, 0.1) is 11.4 Å². The molecular weight excluding hydrogens is 745 g/mol. The van der Waals surface area contributed by atoms with Crippen LogP contribution in [0.1, 0.15) is 25.0 Å². The van der Waals surface area contributed by atoms with Gasteiger partial charge >= 0.3 is 0 Å². The predicted octanol–water partition coefficient (Wildman–Crippen LogP) is 15.8. The topological polar surface area (TPSA) is 25.8 Å². The van der Waals surface area contributed by atoms with Crippen LogP contribution in [0.5, 0.6) is 0 Å². The smallest absolute Gasteiger partial charge is 0.160 e. The summed E-state index contributed by atoms with van der Waals surface area (Å²) >= 11 is 1.87. The van der Waals surface area contributed by atoms with E-state index >= 15 is 0 Å². The van der Waals surface area contributed by atoms with Gasteiger partial charge in [-0.3, -0.25) is 0 Å². The van der Waals surface area contributed by atoms with Crippen LogP contribution in [0.15, 0.2) is 194 Å². The van der Waals surface area contributed by atoms with Crippen LogP contribution in [0.4, 0.5) is 0 Å². The van der Waals surface area contributed by atoms with E-state index in [4.69, 9.17) is 9.97 Å². The number of hydrogen-bond acceptors (Lipinski definition) is 3. The van der Waals surface area contributed by atoms with Crippen molar-refractivity contribution in [3.63, 3.8) is 0 Å². The molecule has 12 rings (SSSR count).